The summed E-state index contributed by atoms with van der Waals surface area (Å²) in [6.07, 6.45) is -8.07. The molecule has 1 unspecified atom stereocenters. The largest absolute Gasteiger partial charge is 0.416 e. The zero-order valence-electron chi connectivity index (χ0n) is 17.5. The minimum Gasteiger partial charge on any atom is -0.297 e. The maximum Gasteiger partial charge on any atom is 0.416 e. The van der Waals surface area contributed by atoms with Crippen molar-refractivity contribution in [2.45, 2.75) is 24.3 Å². The molecule has 0 N–H and O–H groups in total. The summed E-state index contributed by atoms with van der Waals surface area (Å²) in [6, 6.07) is 10.7. The topological polar surface area (TPSA) is 6.48 Å². The third-order valence-corrected chi connectivity index (χ3v) is 5.82. The molecule has 32 heavy (non-hydrogen) atoms. The van der Waals surface area contributed by atoms with Crippen molar-refractivity contribution in [1.29, 1.82) is 0 Å². The van der Waals surface area contributed by atoms with E-state index in [2.05, 4.69) is 18.4 Å². The lowest BCUT2D eigenvalue weighted by Crippen LogP contribution is -2.55. The monoisotopic (exact) mass is 455 g/mol. The molecule has 1 atom stereocenters. The van der Waals surface area contributed by atoms with E-state index in [4.69, 9.17) is 0 Å². The van der Waals surface area contributed by atoms with Crippen LogP contribution >= 0.6 is 0 Å². The van der Waals surface area contributed by atoms with Gasteiger partial charge in [0.05, 0.1) is 16.7 Å². The van der Waals surface area contributed by atoms with Gasteiger partial charge in [-0.1, -0.05) is 36.4 Å². The van der Waals surface area contributed by atoms with Crippen molar-refractivity contribution < 1.29 is 26.3 Å². The van der Waals surface area contributed by atoms with E-state index in [1.807, 2.05) is 4.90 Å². The normalized spacial score (nSPS) is 18.3. The Labute approximate surface area is 184 Å². The standard InChI is InChI=1S/C24H25F6N2/c1-3-9-31-10-12-32(13-11-31)22(2,19-7-5-4-6-8-19)17-18-14-20(23(25,26)27)16-21(15-18)24(28,29)30/h3-8,14-16H,1-2,9-13,17H2. The van der Waals surface area contributed by atoms with Gasteiger partial charge in [0.15, 0.2) is 0 Å². The van der Waals surface area contributed by atoms with Gasteiger partial charge in [-0.25, -0.2) is 0 Å². The van der Waals surface area contributed by atoms with E-state index in [0.29, 0.717) is 32.7 Å². The highest BCUT2D eigenvalue weighted by Crippen LogP contribution is 2.39. The molecule has 1 heterocycles. The summed E-state index contributed by atoms with van der Waals surface area (Å²) in [5.41, 5.74) is -2.96. The Bertz CT molecular complexity index is 882. The van der Waals surface area contributed by atoms with Crippen molar-refractivity contribution in [3.05, 3.63) is 90.4 Å². The summed E-state index contributed by atoms with van der Waals surface area (Å²) in [7, 11) is 0. The molecular formula is C24H25F6N2. The number of rotatable bonds is 6. The van der Waals surface area contributed by atoms with E-state index < -0.39 is 29.0 Å². The first-order valence-corrected chi connectivity index (χ1v) is 10.2. The second kappa shape index (κ2) is 9.27. The van der Waals surface area contributed by atoms with Crippen LogP contribution in [-0.2, 0) is 24.3 Å². The lowest BCUT2D eigenvalue weighted by molar-refractivity contribution is -0.143. The highest BCUT2D eigenvalue weighted by atomic mass is 19.4. The molecule has 1 saturated heterocycles. The van der Waals surface area contributed by atoms with Crippen molar-refractivity contribution in [1.82, 2.24) is 9.80 Å². The molecule has 1 aliphatic heterocycles. The third-order valence-electron chi connectivity index (χ3n) is 5.82. The molecule has 1 fully saturated rings. The molecular weight excluding hydrogens is 430 g/mol. The first kappa shape index (κ1) is 24.3. The number of halogens is 6. The second-order valence-corrected chi connectivity index (χ2v) is 8.06. The van der Waals surface area contributed by atoms with Crippen LogP contribution in [0.5, 0.6) is 0 Å². The Morgan fingerprint density at radius 1 is 0.781 bits per heavy atom. The molecule has 1 radical (unpaired) electrons. The molecule has 3 rings (SSSR count). The maximum absolute atomic E-state index is 13.4. The van der Waals surface area contributed by atoms with Crippen LogP contribution < -0.4 is 0 Å². The van der Waals surface area contributed by atoms with Gasteiger partial charge in [0.1, 0.15) is 0 Å². The number of piperazine rings is 1. The fourth-order valence-electron chi connectivity index (χ4n) is 4.14. The number of hydrogen-bond donors (Lipinski definition) is 0. The van der Waals surface area contributed by atoms with Gasteiger partial charge in [0.2, 0.25) is 0 Å². The van der Waals surface area contributed by atoms with Gasteiger partial charge in [-0.2, -0.15) is 26.3 Å². The molecule has 2 aromatic rings. The van der Waals surface area contributed by atoms with Gasteiger partial charge in [-0.15, -0.1) is 6.58 Å². The van der Waals surface area contributed by atoms with Gasteiger partial charge < -0.3 is 0 Å². The van der Waals surface area contributed by atoms with Crippen LogP contribution in [0.4, 0.5) is 26.3 Å². The third kappa shape index (κ3) is 5.53. The van der Waals surface area contributed by atoms with Gasteiger partial charge >= 0.3 is 12.4 Å². The smallest absolute Gasteiger partial charge is 0.297 e. The van der Waals surface area contributed by atoms with Crippen LogP contribution in [0.25, 0.3) is 0 Å². The van der Waals surface area contributed by atoms with E-state index >= 15 is 0 Å². The Balaban J connectivity index is 2.01. The Kier molecular flexibility index (Phi) is 7.05. The van der Waals surface area contributed by atoms with Crippen LogP contribution in [0.2, 0.25) is 0 Å². The van der Waals surface area contributed by atoms with Crippen molar-refractivity contribution >= 4 is 0 Å². The molecule has 0 bridgehead atoms. The molecule has 0 spiro atoms. The molecule has 0 aliphatic carbocycles. The summed E-state index contributed by atoms with van der Waals surface area (Å²) in [6.45, 7) is 11.3. The maximum atomic E-state index is 13.4. The summed E-state index contributed by atoms with van der Waals surface area (Å²) >= 11 is 0. The fourth-order valence-corrected chi connectivity index (χ4v) is 4.14. The van der Waals surface area contributed by atoms with Crippen LogP contribution in [-0.4, -0.2) is 42.5 Å². The van der Waals surface area contributed by atoms with E-state index in [1.54, 1.807) is 36.4 Å². The first-order valence-electron chi connectivity index (χ1n) is 10.2. The molecule has 1 aliphatic rings. The summed E-state index contributed by atoms with van der Waals surface area (Å²) in [5, 5.41) is 0. The van der Waals surface area contributed by atoms with Crippen LogP contribution in [0, 0.1) is 6.92 Å². The van der Waals surface area contributed by atoms with Gasteiger partial charge in [-0.05, 0) is 42.7 Å². The van der Waals surface area contributed by atoms with Gasteiger partial charge in [0.25, 0.3) is 0 Å². The van der Waals surface area contributed by atoms with Crippen molar-refractivity contribution in [2.24, 2.45) is 0 Å². The highest BCUT2D eigenvalue weighted by molar-refractivity contribution is 5.37. The van der Waals surface area contributed by atoms with Crippen LogP contribution in [0.3, 0.4) is 0 Å². The predicted octanol–water partition coefficient (Wildman–Crippen LogP) is 5.80. The van der Waals surface area contributed by atoms with Crippen molar-refractivity contribution in [3.63, 3.8) is 0 Å². The number of benzene rings is 2. The summed E-state index contributed by atoms with van der Waals surface area (Å²) < 4.78 is 80.1. The second-order valence-electron chi connectivity index (χ2n) is 8.06. The molecule has 0 aromatic heterocycles. The Hall–Kier alpha value is -2.32. The number of alkyl halides is 6. The summed E-state index contributed by atoms with van der Waals surface area (Å²) in [4.78, 5) is 4.22. The molecule has 2 nitrogen and oxygen atoms in total. The molecule has 173 valence electrons. The molecule has 0 amide bonds. The Morgan fingerprint density at radius 2 is 1.31 bits per heavy atom. The average molecular weight is 455 g/mol. The van der Waals surface area contributed by atoms with E-state index in [1.165, 1.54) is 0 Å². The quantitative estimate of drug-likeness (QED) is 0.401. The van der Waals surface area contributed by atoms with Gasteiger partial charge in [0, 0.05) is 32.7 Å². The number of hydrogen-bond acceptors (Lipinski definition) is 2. The minimum absolute atomic E-state index is 0.0560. The molecule has 0 saturated carbocycles. The van der Waals surface area contributed by atoms with E-state index in [9.17, 15) is 26.3 Å². The average Bonchev–Trinajstić information content (AvgIpc) is 2.73. The predicted molar refractivity (Wildman–Crippen MR) is 112 cm³/mol. The minimum atomic E-state index is -4.89. The van der Waals surface area contributed by atoms with Crippen LogP contribution in [0.15, 0.2) is 61.2 Å². The van der Waals surface area contributed by atoms with Crippen molar-refractivity contribution in [3.8, 4) is 0 Å². The lowest BCUT2D eigenvalue weighted by atomic mass is 9.82. The Morgan fingerprint density at radius 3 is 1.78 bits per heavy atom. The lowest BCUT2D eigenvalue weighted by Gasteiger charge is -2.46. The molecule has 2 aromatic carbocycles. The van der Waals surface area contributed by atoms with Crippen molar-refractivity contribution in [2.75, 3.05) is 32.7 Å². The fraction of sp³-hybridized carbons (Fsp3) is 0.375. The van der Waals surface area contributed by atoms with E-state index in [-0.39, 0.29) is 18.1 Å². The number of nitrogens with zero attached hydrogens (tertiary/aromatic N) is 2. The molecule has 8 heteroatoms. The zero-order chi connectivity index (χ0) is 23.6. The SMILES string of the molecule is [CH2]C(Cc1cc(C(F)(F)F)cc(C(F)(F)F)c1)(c1ccccc1)N1CCN(CC=C)CC1. The van der Waals surface area contributed by atoms with E-state index in [0.717, 1.165) is 17.7 Å². The summed E-state index contributed by atoms with van der Waals surface area (Å²) in [5.74, 6) is 0. The highest BCUT2D eigenvalue weighted by Gasteiger charge is 2.40. The van der Waals surface area contributed by atoms with Crippen LogP contribution in [0.1, 0.15) is 22.3 Å². The first-order chi connectivity index (χ1) is 14.9. The van der Waals surface area contributed by atoms with Gasteiger partial charge in [-0.3, -0.25) is 9.80 Å². The zero-order valence-corrected chi connectivity index (χ0v) is 17.5.